The van der Waals surface area contributed by atoms with Crippen LogP contribution in [0.25, 0.3) is 0 Å². The number of hydrogen-bond donors (Lipinski definition) is 2. The maximum atomic E-state index is 6.08. The van der Waals surface area contributed by atoms with Crippen LogP contribution in [0.15, 0.2) is 35.3 Å². The van der Waals surface area contributed by atoms with Gasteiger partial charge in [0.1, 0.15) is 10.9 Å². The highest BCUT2D eigenvalue weighted by Gasteiger charge is 2.09. The lowest BCUT2D eigenvalue weighted by molar-refractivity contribution is 0.119. The van der Waals surface area contributed by atoms with Gasteiger partial charge in [0.15, 0.2) is 5.96 Å². The number of aliphatic imine (C=N–C) groups is 1. The molecule has 0 radical (unpaired) electrons. The van der Waals surface area contributed by atoms with Crippen molar-refractivity contribution in [2.45, 2.75) is 19.6 Å². The van der Waals surface area contributed by atoms with Crippen molar-refractivity contribution in [3.05, 3.63) is 51.8 Å². The maximum Gasteiger partial charge on any atom is 0.191 e. The molecule has 1 aromatic carbocycles. The lowest BCUT2D eigenvalue weighted by Crippen LogP contribution is -2.37. The van der Waals surface area contributed by atoms with Gasteiger partial charge in [0, 0.05) is 32.9 Å². The molecule has 0 saturated heterocycles. The van der Waals surface area contributed by atoms with E-state index >= 15 is 0 Å². The summed E-state index contributed by atoms with van der Waals surface area (Å²) >= 11 is 12.1. The SMILES string of the molecule is CN=C(NCCCOCc1ccc(OC)cc1)NCc1cc(Cl)c(Cl)n1C.I. The number of nitrogens with zero attached hydrogens (tertiary/aromatic N) is 2. The van der Waals surface area contributed by atoms with E-state index in [1.807, 2.05) is 41.9 Å². The molecule has 0 atom stereocenters. The van der Waals surface area contributed by atoms with Crippen molar-refractivity contribution in [2.24, 2.45) is 12.0 Å². The second-order valence-electron chi connectivity index (χ2n) is 5.94. The first kappa shape index (κ1) is 24.9. The molecule has 0 saturated carbocycles. The molecule has 0 aliphatic carbocycles. The van der Waals surface area contributed by atoms with Gasteiger partial charge in [0.2, 0.25) is 0 Å². The zero-order chi connectivity index (χ0) is 19.6. The van der Waals surface area contributed by atoms with Crippen molar-refractivity contribution in [2.75, 3.05) is 27.3 Å². The van der Waals surface area contributed by atoms with Crippen LogP contribution in [0.3, 0.4) is 0 Å². The van der Waals surface area contributed by atoms with Gasteiger partial charge < -0.3 is 24.7 Å². The van der Waals surface area contributed by atoms with Gasteiger partial charge in [-0.25, -0.2) is 0 Å². The Morgan fingerprint density at radius 3 is 2.46 bits per heavy atom. The largest absolute Gasteiger partial charge is 0.497 e. The highest BCUT2D eigenvalue weighted by atomic mass is 127. The molecule has 0 bridgehead atoms. The summed E-state index contributed by atoms with van der Waals surface area (Å²) in [5.74, 6) is 1.57. The second kappa shape index (κ2) is 13.1. The van der Waals surface area contributed by atoms with Crippen molar-refractivity contribution in [1.29, 1.82) is 0 Å². The molecule has 0 aliphatic heterocycles. The predicted molar refractivity (Wildman–Crippen MR) is 126 cm³/mol. The number of nitrogens with one attached hydrogen (secondary N) is 2. The third-order valence-corrected chi connectivity index (χ3v) is 4.90. The molecule has 1 heterocycles. The van der Waals surface area contributed by atoms with Crippen LogP contribution in [-0.4, -0.2) is 37.8 Å². The minimum absolute atomic E-state index is 0. The highest BCUT2D eigenvalue weighted by molar-refractivity contribution is 14.0. The van der Waals surface area contributed by atoms with Crippen molar-refractivity contribution in [3.8, 4) is 5.75 Å². The molecular weight excluding hydrogens is 514 g/mol. The molecule has 0 aliphatic rings. The Kier molecular flexibility index (Phi) is 11.7. The van der Waals surface area contributed by atoms with Crippen LogP contribution in [0.1, 0.15) is 17.7 Å². The summed E-state index contributed by atoms with van der Waals surface area (Å²) in [6.45, 7) is 2.60. The Balaban J connectivity index is 0.00000392. The van der Waals surface area contributed by atoms with E-state index in [4.69, 9.17) is 32.7 Å². The average molecular weight is 541 g/mol. The first-order valence-corrected chi connectivity index (χ1v) is 9.45. The van der Waals surface area contributed by atoms with Gasteiger partial charge in [-0.3, -0.25) is 4.99 Å². The number of rotatable bonds is 9. The third kappa shape index (κ3) is 7.69. The van der Waals surface area contributed by atoms with Crippen molar-refractivity contribution in [1.82, 2.24) is 15.2 Å². The molecule has 0 amide bonds. The number of halogens is 3. The van der Waals surface area contributed by atoms with E-state index in [0.717, 1.165) is 35.9 Å². The van der Waals surface area contributed by atoms with Crippen LogP contribution in [0.4, 0.5) is 0 Å². The number of aromatic nitrogens is 1. The van der Waals surface area contributed by atoms with E-state index in [2.05, 4.69) is 15.6 Å². The highest BCUT2D eigenvalue weighted by Crippen LogP contribution is 2.24. The number of guanidine groups is 1. The first-order chi connectivity index (χ1) is 13.0. The van der Waals surface area contributed by atoms with Crippen LogP contribution in [0.2, 0.25) is 10.2 Å². The van der Waals surface area contributed by atoms with Gasteiger partial charge in [-0.2, -0.15) is 0 Å². The lowest BCUT2D eigenvalue weighted by atomic mass is 10.2. The van der Waals surface area contributed by atoms with Crippen LogP contribution < -0.4 is 15.4 Å². The quantitative estimate of drug-likeness (QED) is 0.216. The Bertz CT molecular complexity index is 751. The van der Waals surface area contributed by atoms with Gasteiger partial charge in [0.05, 0.1) is 25.3 Å². The zero-order valence-corrected chi connectivity index (χ0v) is 20.1. The molecule has 2 aromatic rings. The maximum absolute atomic E-state index is 6.08. The monoisotopic (exact) mass is 540 g/mol. The lowest BCUT2D eigenvalue weighted by Gasteiger charge is -2.12. The molecule has 2 rings (SSSR count). The predicted octanol–water partition coefficient (Wildman–Crippen LogP) is 4.23. The molecule has 0 unspecified atom stereocenters. The molecule has 6 nitrogen and oxygen atoms in total. The van der Waals surface area contributed by atoms with Gasteiger partial charge in [-0.1, -0.05) is 35.3 Å². The molecular formula is C19H27Cl2IN4O2. The summed E-state index contributed by atoms with van der Waals surface area (Å²) in [6, 6.07) is 9.72. The van der Waals surface area contributed by atoms with Crippen LogP contribution in [0.5, 0.6) is 5.75 Å². The fraction of sp³-hybridized carbons (Fsp3) is 0.421. The van der Waals surface area contributed by atoms with Crippen molar-refractivity contribution in [3.63, 3.8) is 0 Å². The number of hydrogen-bond acceptors (Lipinski definition) is 3. The fourth-order valence-corrected chi connectivity index (χ4v) is 2.86. The van der Waals surface area contributed by atoms with Gasteiger partial charge in [-0.15, -0.1) is 24.0 Å². The smallest absolute Gasteiger partial charge is 0.191 e. The van der Waals surface area contributed by atoms with Crippen LogP contribution in [0, 0.1) is 0 Å². The standard InChI is InChI=1S/C19H26Cl2N4O2.HI/c1-22-19(24-12-15-11-17(20)18(21)25(15)2)23-9-4-10-27-13-14-5-7-16(26-3)8-6-14;/h5-8,11H,4,9-10,12-13H2,1-3H3,(H2,22,23,24);1H. The van der Waals surface area contributed by atoms with Gasteiger partial charge >= 0.3 is 0 Å². The van der Waals surface area contributed by atoms with E-state index < -0.39 is 0 Å². The topological polar surface area (TPSA) is 59.8 Å². The minimum Gasteiger partial charge on any atom is -0.497 e. The number of ether oxygens (including phenoxy) is 2. The van der Waals surface area contributed by atoms with E-state index in [0.29, 0.717) is 29.9 Å². The molecule has 0 fully saturated rings. The van der Waals surface area contributed by atoms with Gasteiger partial charge in [-0.05, 0) is 30.2 Å². The molecule has 28 heavy (non-hydrogen) atoms. The summed E-state index contributed by atoms with van der Waals surface area (Å²) in [6.07, 6.45) is 0.874. The Hall–Kier alpha value is -1.16. The summed E-state index contributed by atoms with van der Waals surface area (Å²) in [4.78, 5) is 4.21. The molecule has 9 heteroatoms. The average Bonchev–Trinajstić information content (AvgIpc) is 2.94. The van der Waals surface area contributed by atoms with Crippen molar-refractivity contribution >= 4 is 53.1 Å². The normalized spacial score (nSPS) is 11.1. The van der Waals surface area contributed by atoms with Crippen molar-refractivity contribution < 1.29 is 9.47 Å². The van der Waals surface area contributed by atoms with Gasteiger partial charge in [0.25, 0.3) is 0 Å². The first-order valence-electron chi connectivity index (χ1n) is 8.70. The van der Waals surface area contributed by atoms with E-state index in [-0.39, 0.29) is 24.0 Å². The number of methoxy groups -OCH3 is 1. The van der Waals surface area contributed by atoms with Crippen LogP contribution >= 0.6 is 47.2 Å². The number of benzene rings is 1. The Labute approximate surface area is 193 Å². The Morgan fingerprint density at radius 1 is 1.18 bits per heavy atom. The third-order valence-electron chi connectivity index (χ3n) is 4.06. The zero-order valence-electron chi connectivity index (χ0n) is 16.3. The fourth-order valence-electron chi connectivity index (χ4n) is 2.45. The summed E-state index contributed by atoms with van der Waals surface area (Å²) in [5, 5.41) is 7.59. The second-order valence-corrected chi connectivity index (χ2v) is 6.71. The Morgan fingerprint density at radius 2 is 1.89 bits per heavy atom. The van der Waals surface area contributed by atoms with E-state index in [9.17, 15) is 0 Å². The van der Waals surface area contributed by atoms with Crippen LogP contribution in [-0.2, 0) is 24.9 Å². The van der Waals surface area contributed by atoms with E-state index in [1.54, 1.807) is 14.2 Å². The molecule has 2 N–H and O–H groups in total. The summed E-state index contributed by atoms with van der Waals surface area (Å²) < 4.78 is 12.7. The summed E-state index contributed by atoms with van der Waals surface area (Å²) in [7, 11) is 5.27. The van der Waals surface area contributed by atoms with E-state index in [1.165, 1.54) is 0 Å². The molecule has 156 valence electrons. The molecule has 0 spiro atoms. The minimum atomic E-state index is 0. The molecule has 1 aromatic heterocycles. The summed E-state index contributed by atoms with van der Waals surface area (Å²) in [5.41, 5.74) is 2.11.